The van der Waals surface area contributed by atoms with E-state index in [1.165, 1.54) is 5.56 Å². The van der Waals surface area contributed by atoms with Gasteiger partial charge in [-0.2, -0.15) is 0 Å². The Labute approximate surface area is 88.1 Å². The van der Waals surface area contributed by atoms with Gasteiger partial charge in [-0.25, -0.2) is 0 Å². The van der Waals surface area contributed by atoms with Gasteiger partial charge in [0.1, 0.15) is 0 Å². The van der Waals surface area contributed by atoms with Gasteiger partial charge in [0.15, 0.2) is 0 Å². The maximum absolute atomic E-state index is 11.5. The van der Waals surface area contributed by atoms with E-state index in [2.05, 4.69) is 24.4 Å². The van der Waals surface area contributed by atoms with Crippen LogP contribution in [0, 0.1) is 0 Å². The van der Waals surface area contributed by atoms with Crippen LogP contribution in [0.3, 0.4) is 0 Å². The minimum absolute atomic E-state index is 0.0809. The molecule has 1 saturated heterocycles. The minimum atomic E-state index is 0.0809. The Bertz CT molecular complexity index is 325. The number of thioether (sulfide) groups is 1. The summed E-state index contributed by atoms with van der Waals surface area (Å²) in [6.07, 6.45) is 0. The number of nitrogens with one attached hydrogen (secondary N) is 1. The fraction of sp³-hybridized carbons (Fsp3) is 0.364. The molecule has 0 saturated carbocycles. The molecule has 1 aliphatic heterocycles. The molecule has 0 bridgehead atoms. The second kappa shape index (κ2) is 4.05. The van der Waals surface area contributed by atoms with Gasteiger partial charge in [-0.1, -0.05) is 37.3 Å². The highest BCUT2D eigenvalue weighted by Gasteiger charge is 2.30. The van der Waals surface area contributed by atoms with Crippen molar-refractivity contribution in [3.8, 4) is 0 Å². The summed E-state index contributed by atoms with van der Waals surface area (Å²) in [5.74, 6) is 1.22. The molecule has 0 spiro atoms. The van der Waals surface area contributed by atoms with Crippen LogP contribution in [0.15, 0.2) is 30.3 Å². The van der Waals surface area contributed by atoms with Crippen LogP contribution < -0.4 is 5.32 Å². The summed E-state index contributed by atoms with van der Waals surface area (Å²) >= 11 is 1.69. The zero-order chi connectivity index (χ0) is 9.97. The highest BCUT2D eigenvalue weighted by atomic mass is 32.2. The van der Waals surface area contributed by atoms with Gasteiger partial charge >= 0.3 is 0 Å². The van der Waals surface area contributed by atoms with Crippen molar-refractivity contribution in [2.45, 2.75) is 18.1 Å². The lowest BCUT2D eigenvalue weighted by molar-refractivity contribution is -0.119. The van der Waals surface area contributed by atoms with Gasteiger partial charge in [-0.3, -0.25) is 4.79 Å². The average molecular weight is 207 g/mol. The van der Waals surface area contributed by atoms with Crippen LogP contribution in [0.4, 0.5) is 0 Å². The normalized spacial score (nSPS) is 23.2. The summed E-state index contributed by atoms with van der Waals surface area (Å²) in [7, 11) is 0. The Morgan fingerprint density at radius 2 is 2.14 bits per heavy atom. The largest absolute Gasteiger partial charge is 0.346 e. The van der Waals surface area contributed by atoms with Crippen LogP contribution in [0.5, 0.6) is 0 Å². The maximum Gasteiger partial charge on any atom is 0.234 e. The summed E-state index contributed by atoms with van der Waals surface area (Å²) in [6, 6.07) is 10.2. The first kappa shape index (κ1) is 9.59. The van der Waals surface area contributed by atoms with Crippen molar-refractivity contribution >= 4 is 17.7 Å². The van der Waals surface area contributed by atoms with E-state index in [0.717, 1.165) is 5.88 Å². The Morgan fingerprint density at radius 3 is 2.71 bits per heavy atom. The van der Waals surface area contributed by atoms with E-state index in [0.29, 0.717) is 5.92 Å². The third-order valence-electron chi connectivity index (χ3n) is 2.55. The van der Waals surface area contributed by atoms with Gasteiger partial charge in [-0.15, -0.1) is 11.8 Å². The molecule has 2 nitrogen and oxygen atoms in total. The molecule has 1 aromatic carbocycles. The Morgan fingerprint density at radius 1 is 1.43 bits per heavy atom. The van der Waals surface area contributed by atoms with Crippen molar-refractivity contribution in [2.75, 3.05) is 5.88 Å². The highest BCUT2D eigenvalue weighted by molar-refractivity contribution is 8.01. The number of carbonyl (C=O) groups excluding carboxylic acids is 1. The van der Waals surface area contributed by atoms with Crippen molar-refractivity contribution in [1.29, 1.82) is 0 Å². The van der Waals surface area contributed by atoms with Crippen molar-refractivity contribution in [1.82, 2.24) is 5.32 Å². The molecule has 1 fully saturated rings. The standard InChI is InChI=1S/C11H13NOS/c1-8(9-5-3-2-4-6-9)10-11(13)12-7-14-10/h2-6,8,10H,7H2,1H3,(H,12,13). The van der Waals surface area contributed by atoms with Gasteiger partial charge in [-0.05, 0) is 5.56 Å². The number of amides is 1. The molecule has 1 N–H and O–H groups in total. The quantitative estimate of drug-likeness (QED) is 0.803. The number of hydrogen-bond acceptors (Lipinski definition) is 2. The molecule has 14 heavy (non-hydrogen) atoms. The van der Waals surface area contributed by atoms with Crippen molar-refractivity contribution < 1.29 is 4.79 Å². The van der Waals surface area contributed by atoms with Crippen LogP contribution in [-0.4, -0.2) is 17.0 Å². The van der Waals surface area contributed by atoms with E-state index in [9.17, 15) is 4.79 Å². The Hall–Kier alpha value is -0.960. The summed E-state index contributed by atoms with van der Waals surface area (Å²) in [6.45, 7) is 2.11. The first-order valence-electron chi connectivity index (χ1n) is 4.73. The van der Waals surface area contributed by atoms with E-state index < -0.39 is 0 Å². The number of benzene rings is 1. The molecule has 74 valence electrons. The Kier molecular flexibility index (Phi) is 2.77. The van der Waals surface area contributed by atoms with Gasteiger partial charge < -0.3 is 5.32 Å². The lowest BCUT2D eigenvalue weighted by atomic mass is 9.97. The van der Waals surface area contributed by atoms with Gasteiger partial charge in [0.2, 0.25) is 5.91 Å². The van der Waals surface area contributed by atoms with E-state index in [1.807, 2.05) is 18.2 Å². The zero-order valence-corrected chi connectivity index (χ0v) is 8.88. The SMILES string of the molecule is CC(c1ccccc1)C1SCNC1=O. The molecule has 0 aromatic heterocycles. The molecular formula is C11H13NOS. The summed E-state index contributed by atoms with van der Waals surface area (Å²) in [4.78, 5) is 11.5. The molecule has 1 aliphatic rings. The summed E-state index contributed by atoms with van der Waals surface area (Å²) < 4.78 is 0. The molecule has 2 unspecified atom stereocenters. The van der Waals surface area contributed by atoms with Gasteiger partial charge in [0.05, 0.1) is 11.1 Å². The first-order chi connectivity index (χ1) is 6.79. The molecule has 0 aliphatic carbocycles. The van der Waals surface area contributed by atoms with Crippen LogP contribution in [0.2, 0.25) is 0 Å². The van der Waals surface area contributed by atoms with E-state index in [-0.39, 0.29) is 11.2 Å². The molecular weight excluding hydrogens is 194 g/mol. The Balaban J connectivity index is 2.16. The van der Waals surface area contributed by atoms with Crippen molar-refractivity contribution in [2.24, 2.45) is 0 Å². The molecule has 1 heterocycles. The molecule has 3 heteroatoms. The molecule has 0 radical (unpaired) electrons. The minimum Gasteiger partial charge on any atom is -0.346 e. The van der Waals surface area contributed by atoms with Gasteiger partial charge in [0, 0.05) is 5.92 Å². The maximum atomic E-state index is 11.5. The third-order valence-corrected chi connectivity index (χ3v) is 3.84. The zero-order valence-electron chi connectivity index (χ0n) is 8.07. The fourth-order valence-electron chi connectivity index (χ4n) is 1.68. The smallest absolute Gasteiger partial charge is 0.234 e. The van der Waals surface area contributed by atoms with E-state index in [4.69, 9.17) is 0 Å². The average Bonchev–Trinajstić information content (AvgIpc) is 2.65. The lowest BCUT2D eigenvalue weighted by Crippen LogP contribution is -2.26. The summed E-state index contributed by atoms with van der Waals surface area (Å²) in [5, 5.41) is 2.93. The summed E-state index contributed by atoms with van der Waals surface area (Å²) in [5.41, 5.74) is 1.24. The molecule has 1 aromatic rings. The number of carbonyl (C=O) groups is 1. The van der Waals surface area contributed by atoms with Crippen LogP contribution >= 0.6 is 11.8 Å². The number of rotatable bonds is 2. The van der Waals surface area contributed by atoms with Crippen LogP contribution in [0.25, 0.3) is 0 Å². The van der Waals surface area contributed by atoms with Crippen molar-refractivity contribution in [3.63, 3.8) is 0 Å². The molecule has 1 amide bonds. The topological polar surface area (TPSA) is 29.1 Å². The second-order valence-corrected chi connectivity index (χ2v) is 4.60. The first-order valence-corrected chi connectivity index (χ1v) is 5.78. The van der Waals surface area contributed by atoms with Gasteiger partial charge in [0.25, 0.3) is 0 Å². The fourth-order valence-corrected chi connectivity index (χ4v) is 2.77. The van der Waals surface area contributed by atoms with Crippen molar-refractivity contribution in [3.05, 3.63) is 35.9 Å². The van der Waals surface area contributed by atoms with Crippen LogP contribution in [-0.2, 0) is 4.79 Å². The van der Waals surface area contributed by atoms with E-state index >= 15 is 0 Å². The highest BCUT2D eigenvalue weighted by Crippen LogP contribution is 2.30. The lowest BCUT2D eigenvalue weighted by Gasteiger charge is -2.15. The second-order valence-electron chi connectivity index (χ2n) is 3.47. The molecule has 2 rings (SSSR count). The molecule has 2 atom stereocenters. The monoisotopic (exact) mass is 207 g/mol. The van der Waals surface area contributed by atoms with E-state index in [1.54, 1.807) is 11.8 Å². The predicted molar refractivity (Wildman–Crippen MR) is 59.2 cm³/mol. The van der Waals surface area contributed by atoms with Crippen LogP contribution in [0.1, 0.15) is 18.4 Å². The third kappa shape index (κ3) is 1.77. The number of hydrogen-bond donors (Lipinski definition) is 1. The predicted octanol–water partition coefficient (Wildman–Crippen LogP) is 1.98.